The summed E-state index contributed by atoms with van der Waals surface area (Å²) in [6, 6.07) is 2.64. The first-order valence-electron chi connectivity index (χ1n) is 17.0. The molecule has 9 nitrogen and oxygen atoms in total. The highest BCUT2D eigenvalue weighted by molar-refractivity contribution is 7.22. The Morgan fingerprint density at radius 2 is 1.98 bits per heavy atom. The van der Waals surface area contributed by atoms with Crippen LogP contribution in [0.3, 0.4) is 0 Å². The second-order valence-corrected chi connectivity index (χ2v) is 14.9. The molecule has 1 unspecified atom stereocenters. The summed E-state index contributed by atoms with van der Waals surface area (Å²) >= 11 is 0.766. The summed E-state index contributed by atoms with van der Waals surface area (Å²) in [5.41, 5.74) is 2.40. The number of hydrogen-bond donors (Lipinski definition) is 2. The van der Waals surface area contributed by atoms with E-state index in [1.807, 2.05) is 4.90 Å². The maximum Gasteiger partial charge on any atom is 0.417 e. The van der Waals surface area contributed by atoms with E-state index < -0.39 is 40.6 Å². The Labute approximate surface area is 288 Å². The van der Waals surface area contributed by atoms with Crippen molar-refractivity contribution in [3.63, 3.8) is 0 Å². The predicted molar refractivity (Wildman–Crippen MR) is 178 cm³/mol. The van der Waals surface area contributed by atoms with Crippen LogP contribution in [-0.4, -0.2) is 89.6 Å². The van der Waals surface area contributed by atoms with Gasteiger partial charge < -0.3 is 25.4 Å². The van der Waals surface area contributed by atoms with E-state index in [0.717, 1.165) is 68.2 Å². The van der Waals surface area contributed by atoms with Gasteiger partial charge in [-0.3, -0.25) is 4.90 Å². The highest BCUT2D eigenvalue weighted by Crippen LogP contribution is 2.49. The van der Waals surface area contributed by atoms with Crippen molar-refractivity contribution in [1.29, 1.82) is 0 Å². The van der Waals surface area contributed by atoms with Gasteiger partial charge in [0, 0.05) is 61.3 Å². The Morgan fingerprint density at radius 3 is 2.78 bits per heavy atom. The van der Waals surface area contributed by atoms with Crippen LogP contribution in [0.1, 0.15) is 50.5 Å². The lowest BCUT2D eigenvalue weighted by Gasteiger charge is -2.31. The number of nitrogens with two attached hydrogens (primary N) is 1. The fraction of sp³-hybridized carbons (Fsp3) is 0.559. The minimum Gasteiger partial charge on any atom is -0.461 e. The first-order valence-corrected chi connectivity index (χ1v) is 17.8. The molecule has 0 radical (unpaired) electrons. The molecule has 4 aliphatic heterocycles. The molecule has 4 saturated heterocycles. The maximum atomic E-state index is 17.1. The van der Waals surface area contributed by atoms with E-state index in [2.05, 4.69) is 20.2 Å². The molecule has 50 heavy (non-hydrogen) atoms. The third-order valence-corrected chi connectivity index (χ3v) is 11.8. The van der Waals surface area contributed by atoms with Gasteiger partial charge in [0.05, 0.1) is 21.3 Å². The number of aromatic nitrogens is 3. The van der Waals surface area contributed by atoms with E-state index in [9.17, 15) is 22.0 Å². The second kappa shape index (κ2) is 12.6. The first kappa shape index (κ1) is 33.7. The van der Waals surface area contributed by atoms with E-state index in [1.165, 1.54) is 0 Å². The molecule has 2 aromatic heterocycles. The molecule has 3 N–H and O–H groups in total. The molecule has 2 aromatic carbocycles. The quantitative estimate of drug-likeness (QED) is 0.141. The number of rotatable bonds is 10. The van der Waals surface area contributed by atoms with Crippen molar-refractivity contribution in [1.82, 2.24) is 25.2 Å². The fourth-order valence-corrected chi connectivity index (χ4v) is 9.59. The molecule has 268 valence electrons. The molecule has 0 amide bonds. The Bertz CT molecular complexity index is 1940. The van der Waals surface area contributed by atoms with Crippen molar-refractivity contribution in [2.75, 3.05) is 50.6 Å². The van der Waals surface area contributed by atoms with Gasteiger partial charge in [-0.2, -0.15) is 23.1 Å². The van der Waals surface area contributed by atoms with E-state index in [1.54, 1.807) is 7.11 Å². The zero-order valence-electron chi connectivity index (χ0n) is 27.3. The summed E-state index contributed by atoms with van der Waals surface area (Å²) in [5, 5.41) is 3.39. The van der Waals surface area contributed by atoms with Crippen LogP contribution in [0, 0.1) is 11.6 Å². The average molecular weight is 722 g/mol. The molecule has 5 atom stereocenters. The molecule has 2 bridgehead atoms. The fourth-order valence-electron chi connectivity index (χ4n) is 8.82. The predicted octanol–water partition coefficient (Wildman–Crippen LogP) is 6.48. The number of methoxy groups -OCH3 is 1. The number of halogens is 6. The largest absolute Gasteiger partial charge is 0.461 e. The van der Waals surface area contributed by atoms with Crippen molar-refractivity contribution in [2.45, 2.75) is 81.0 Å². The van der Waals surface area contributed by atoms with E-state index in [0.29, 0.717) is 26.1 Å². The third-order valence-electron chi connectivity index (χ3n) is 10.9. The highest BCUT2D eigenvalue weighted by atomic mass is 32.1. The van der Waals surface area contributed by atoms with Gasteiger partial charge >= 0.3 is 12.2 Å². The summed E-state index contributed by atoms with van der Waals surface area (Å²) < 4.78 is 103. The van der Waals surface area contributed by atoms with Crippen molar-refractivity contribution in [3.8, 4) is 17.1 Å². The number of hydrogen-bond acceptors (Lipinski definition) is 10. The van der Waals surface area contributed by atoms with Crippen LogP contribution in [0.15, 0.2) is 18.2 Å². The van der Waals surface area contributed by atoms with Crippen LogP contribution in [0.5, 0.6) is 6.01 Å². The average Bonchev–Trinajstić information content (AvgIpc) is 3.88. The Balaban J connectivity index is 1.28. The van der Waals surface area contributed by atoms with Crippen LogP contribution in [0.2, 0.25) is 0 Å². The van der Waals surface area contributed by atoms with Gasteiger partial charge in [0.25, 0.3) is 0 Å². The molecular formula is C34H37F6N7O2S. The topological polar surface area (TPSA) is 102 Å². The van der Waals surface area contributed by atoms with Gasteiger partial charge in [-0.1, -0.05) is 11.3 Å². The number of alkyl halides is 4. The molecule has 0 aliphatic carbocycles. The summed E-state index contributed by atoms with van der Waals surface area (Å²) in [4.78, 5) is 17.3. The standard InChI is InChI=1S/C34H37F6N7O2S/c1-48-11-3-9-42-23-12-18-4-7-24(23)47(18)30-20-13-21(34(38,39)40)25(19-5-6-22(36)29-28(19)43-31(41)50-29)26(37)27(20)44-32(45-30)49-16-33-8-2-10-46(33)15-17(35)14-33/h5-6,13,17-18,23-24,42H,2-4,7-12,14-16H2,1H3,(H2,41,43)/t17-,18+,23?,24+,33+/m1/s1. The molecule has 16 heteroatoms. The van der Waals surface area contributed by atoms with Crippen molar-refractivity contribution >= 4 is 43.4 Å². The van der Waals surface area contributed by atoms with Crippen LogP contribution < -0.4 is 20.7 Å². The lowest BCUT2D eigenvalue weighted by atomic mass is 9.95. The summed E-state index contributed by atoms with van der Waals surface area (Å²) in [6.45, 7) is 2.38. The van der Waals surface area contributed by atoms with Gasteiger partial charge in [-0.15, -0.1) is 0 Å². The van der Waals surface area contributed by atoms with E-state index in [4.69, 9.17) is 20.2 Å². The lowest BCUT2D eigenvalue weighted by Crippen LogP contribution is -2.43. The van der Waals surface area contributed by atoms with Crippen LogP contribution in [-0.2, 0) is 10.9 Å². The van der Waals surface area contributed by atoms with Gasteiger partial charge in [0.15, 0.2) is 10.9 Å². The number of nitrogens with one attached hydrogen (secondary N) is 1. The minimum absolute atomic E-state index is 0.0414. The molecule has 6 heterocycles. The number of nitrogens with zero attached hydrogens (tertiary/aromatic N) is 5. The van der Waals surface area contributed by atoms with Crippen molar-refractivity contribution < 1.29 is 35.8 Å². The molecule has 4 fully saturated rings. The highest BCUT2D eigenvalue weighted by Gasteiger charge is 2.50. The minimum atomic E-state index is -5.01. The van der Waals surface area contributed by atoms with Gasteiger partial charge in [0.2, 0.25) is 0 Å². The first-order chi connectivity index (χ1) is 24.0. The zero-order chi connectivity index (χ0) is 34.9. The lowest BCUT2D eigenvalue weighted by molar-refractivity contribution is -0.137. The zero-order valence-corrected chi connectivity index (χ0v) is 28.1. The number of fused-ring (bicyclic) bond motifs is 5. The van der Waals surface area contributed by atoms with Crippen LogP contribution in [0.4, 0.5) is 37.3 Å². The molecule has 8 rings (SSSR count). The van der Waals surface area contributed by atoms with Crippen molar-refractivity contribution in [3.05, 3.63) is 35.4 Å². The molecule has 0 spiro atoms. The third kappa shape index (κ3) is 5.62. The van der Waals surface area contributed by atoms with Crippen LogP contribution >= 0.6 is 11.3 Å². The maximum absolute atomic E-state index is 17.1. The van der Waals surface area contributed by atoms with E-state index in [-0.39, 0.29) is 74.8 Å². The van der Waals surface area contributed by atoms with E-state index >= 15 is 4.39 Å². The molecule has 4 aromatic rings. The van der Waals surface area contributed by atoms with Gasteiger partial charge in [-0.05, 0) is 69.8 Å². The SMILES string of the molecule is COCCCNC1C[C@@H]2CC[C@@H]1N2c1nc(OC[C@@]23CCCN2C[C@H](F)C3)nc2c(F)c(-c3ccc(F)c4sc(N)nc34)c(C(F)(F)F)cc12. The summed E-state index contributed by atoms with van der Waals surface area (Å²) in [5.74, 6) is -1.83. The monoisotopic (exact) mass is 721 g/mol. The number of anilines is 2. The van der Waals surface area contributed by atoms with Crippen LogP contribution in [0.25, 0.3) is 32.2 Å². The van der Waals surface area contributed by atoms with Gasteiger partial charge in [0.1, 0.15) is 29.9 Å². The van der Waals surface area contributed by atoms with Crippen molar-refractivity contribution in [2.24, 2.45) is 0 Å². The Hall–Kier alpha value is -3.47. The smallest absolute Gasteiger partial charge is 0.417 e. The summed E-state index contributed by atoms with van der Waals surface area (Å²) in [6.07, 6.45) is -1.04. The Morgan fingerprint density at radius 1 is 1.14 bits per heavy atom. The number of nitrogen functional groups attached to an aromatic ring is 1. The normalized spacial score (nSPS) is 26.6. The molecule has 4 aliphatic rings. The number of ether oxygens (including phenoxy) is 2. The van der Waals surface area contributed by atoms with Gasteiger partial charge in [-0.25, -0.2) is 18.2 Å². The second-order valence-electron chi connectivity index (χ2n) is 13.9. The summed E-state index contributed by atoms with van der Waals surface area (Å²) in [7, 11) is 1.64. The molecular weight excluding hydrogens is 684 g/mol. The number of thiazole rings is 1. The number of benzene rings is 2. The Kier molecular flexibility index (Phi) is 8.51. The molecule has 0 saturated carbocycles.